The minimum Gasteiger partial charge on any atom is -0.351 e. The summed E-state index contributed by atoms with van der Waals surface area (Å²) in [6.45, 7) is 5.86. The Morgan fingerprint density at radius 1 is 1.32 bits per heavy atom. The third-order valence-electron chi connectivity index (χ3n) is 4.68. The molecule has 3 rings (SSSR count). The number of carbonyl (C=O) groups is 1. The summed E-state index contributed by atoms with van der Waals surface area (Å²) in [5.74, 6) is 1.17. The molecule has 0 aliphatic heterocycles. The van der Waals surface area contributed by atoms with E-state index < -0.39 is 0 Å². The Bertz CT molecular complexity index is 495. The van der Waals surface area contributed by atoms with Crippen molar-refractivity contribution in [2.75, 3.05) is 13.1 Å². The maximum absolute atomic E-state index is 12.5. The van der Waals surface area contributed by atoms with Crippen molar-refractivity contribution < 1.29 is 4.79 Å². The second-order valence-corrected chi connectivity index (χ2v) is 6.37. The molecule has 0 N–H and O–H groups in total. The summed E-state index contributed by atoms with van der Waals surface area (Å²) in [6, 6.07) is 2.73. The van der Waals surface area contributed by atoms with Crippen molar-refractivity contribution in [3.63, 3.8) is 0 Å². The van der Waals surface area contributed by atoms with Gasteiger partial charge in [-0.15, -0.1) is 0 Å². The van der Waals surface area contributed by atoms with Crippen LogP contribution in [0.15, 0.2) is 6.07 Å². The van der Waals surface area contributed by atoms with Gasteiger partial charge in [-0.25, -0.2) is 0 Å². The molecule has 3 heteroatoms. The Labute approximate surface area is 115 Å². The molecule has 2 aliphatic carbocycles. The van der Waals surface area contributed by atoms with Crippen molar-refractivity contribution >= 4 is 5.78 Å². The molecular formula is C16H24N2O. The fourth-order valence-electron chi connectivity index (χ4n) is 2.82. The molecule has 1 aromatic heterocycles. The molecule has 1 aromatic rings. The number of aromatic nitrogens is 1. The predicted molar refractivity (Wildman–Crippen MR) is 76.5 cm³/mol. The summed E-state index contributed by atoms with van der Waals surface area (Å²) in [5.41, 5.74) is 3.19. The molecule has 0 spiro atoms. The lowest BCUT2D eigenvalue weighted by Crippen LogP contribution is -2.33. The zero-order valence-electron chi connectivity index (χ0n) is 12.3. The highest BCUT2D eigenvalue weighted by Crippen LogP contribution is 2.34. The number of ketones is 1. The lowest BCUT2D eigenvalue weighted by molar-refractivity contribution is 0.0920. The summed E-state index contributed by atoms with van der Waals surface area (Å²) in [4.78, 5) is 15.0. The van der Waals surface area contributed by atoms with Gasteiger partial charge in [-0.2, -0.15) is 0 Å². The second-order valence-electron chi connectivity index (χ2n) is 6.37. The Hall–Kier alpha value is -1.09. The molecular weight excluding hydrogens is 236 g/mol. The highest BCUT2D eigenvalue weighted by atomic mass is 16.1. The predicted octanol–water partition coefficient (Wildman–Crippen LogP) is 2.70. The third kappa shape index (κ3) is 2.76. The van der Waals surface area contributed by atoms with Gasteiger partial charge in [0.1, 0.15) is 0 Å². The Morgan fingerprint density at radius 3 is 2.47 bits per heavy atom. The van der Waals surface area contributed by atoms with E-state index in [0.717, 1.165) is 23.7 Å². The van der Waals surface area contributed by atoms with Crippen molar-refractivity contribution in [3.8, 4) is 0 Å². The molecule has 1 heterocycles. The van der Waals surface area contributed by atoms with E-state index in [0.29, 0.717) is 18.4 Å². The molecule has 0 saturated heterocycles. The monoisotopic (exact) mass is 260 g/mol. The zero-order valence-corrected chi connectivity index (χ0v) is 12.3. The number of nitrogens with zero attached hydrogens (tertiary/aromatic N) is 2. The molecule has 2 saturated carbocycles. The molecule has 19 heavy (non-hydrogen) atoms. The van der Waals surface area contributed by atoms with Crippen LogP contribution in [0.4, 0.5) is 0 Å². The minimum atomic E-state index is 0.300. The minimum absolute atomic E-state index is 0.300. The van der Waals surface area contributed by atoms with E-state index in [2.05, 4.69) is 16.4 Å². The summed E-state index contributed by atoms with van der Waals surface area (Å²) in [5, 5.41) is 0. The first-order chi connectivity index (χ1) is 9.06. The van der Waals surface area contributed by atoms with Crippen LogP contribution < -0.4 is 0 Å². The molecule has 0 unspecified atom stereocenters. The van der Waals surface area contributed by atoms with Crippen LogP contribution in [0, 0.1) is 19.8 Å². The van der Waals surface area contributed by atoms with Gasteiger partial charge in [0.15, 0.2) is 5.78 Å². The van der Waals surface area contributed by atoms with Gasteiger partial charge in [0.2, 0.25) is 0 Å². The highest BCUT2D eigenvalue weighted by Gasteiger charge is 2.34. The molecule has 3 nitrogen and oxygen atoms in total. The van der Waals surface area contributed by atoms with Crippen molar-refractivity contribution in [2.24, 2.45) is 13.0 Å². The molecule has 0 radical (unpaired) electrons. The van der Waals surface area contributed by atoms with E-state index in [1.807, 2.05) is 20.0 Å². The van der Waals surface area contributed by atoms with Crippen LogP contribution in [0.25, 0.3) is 0 Å². The summed E-state index contributed by atoms with van der Waals surface area (Å²) < 4.78 is 2.11. The van der Waals surface area contributed by atoms with Gasteiger partial charge in [0, 0.05) is 36.6 Å². The molecule has 0 amide bonds. The maximum atomic E-state index is 12.5. The van der Waals surface area contributed by atoms with Crippen molar-refractivity contribution in [1.82, 2.24) is 9.47 Å². The van der Waals surface area contributed by atoms with Gasteiger partial charge >= 0.3 is 0 Å². The Kier molecular flexibility index (Phi) is 3.25. The Morgan fingerprint density at radius 2 is 2.00 bits per heavy atom. The quantitative estimate of drug-likeness (QED) is 0.735. The number of aryl methyl sites for hydroxylation is 1. The average molecular weight is 260 g/mol. The van der Waals surface area contributed by atoms with Gasteiger partial charge in [-0.3, -0.25) is 9.69 Å². The smallest absolute Gasteiger partial charge is 0.178 e. The third-order valence-corrected chi connectivity index (χ3v) is 4.68. The van der Waals surface area contributed by atoms with E-state index >= 15 is 0 Å². The largest absolute Gasteiger partial charge is 0.351 e. The van der Waals surface area contributed by atoms with E-state index in [-0.39, 0.29) is 0 Å². The highest BCUT2D eigenvalue weighted by molar-refractivity contribution is 5.99. The normalized spacial score (nSPS) is 19.2. The number of rotatable bonds is 6. The van der Waals surface area contributed by atoms with Gasteiger partial charge in [0.25, 0.3) is 0 Å². The van der Waals surface area contributed by atoms with Gasteiger partial charge in [-0.1, -0.05) is 0 Å². The summed E-state index contributed by atoms with van der Waals surface area (Å²) in [7, 11) is 2.03. The van der Waals surface area contributed by atoms with E-state index in [1.54, 1.807) is 0 Å². The number of carbonyl (C=O) groups excluding carboxylic acids is 1. The van der Waals surface area contributed by atoms with Gasteiger partial charge in [0.05, 0.1) is 6.54 Å². The number of Topliss-reactive ketones (excluding diaryl/α,β-unsaturated/α-hetero) is 1. The fraction of sp³-hybridized carbons (Fsp3) is 0.688. The van der Waals surface area contributed by atoms with Crippen LogP contribution in [0.5, 0.6) is 0 Å². The molecule has 104 valence electrons. The first kappa shape index (κ1) is 12.9. The van der Waals surface area contributed by atoms with Crippen LogP contribution in [0.3, 0.4) is 0 Å². The maximum Gasteiger partial charge on any atom is 0.178 e. The fourth-order valence-corrected chi connectivity index (χ4v) is 2.82. The topological polar surface area (TPSA) is 25.2 Å². The SMILES string of the molecule is Cc1cc(C(=O)CN(CC2CC2)C2CC2)c(C)n1C. The van der Waals surface area contributed by atoms with Crippen LogP contribution in [0.1, 0.15) is 47.4 Å². The molecule has 0 atom stereocenters. The lowest BCUT2D eigenvalue weighted by Gasteiger charge is -2.20. The van der Waals surface area contributed by atoms with Crippen LogP contribution in [0.2, 0.25) is 0 Å². The van der Waals surface area contributed by atoms with E-state index in [1.165, 1.54) is 31.4 Å². The summed E-state index contributed by atoms with van der Waals surface area (Å²) in [6.07, 6.45) is 5.29. The number of hydrogen-bond donors (Lipinski definition) is 0. The Balaban J connectivity index is 1.69. The molecule has 2 aliphatic rings. The zero-order chi connectivity index (χ0) is 13.6. The standard InChI is InChI=1S/C16H24N2O/c1-11-8-15(12(2)17(11)3)16(19)10-18(14-6-7-14)9-13-4-5-13/h8,13-14H,4-7,9-10H2,1-3H3. The van der Waals surface area contributed by atoms with Crippen LogP contribution in [-0.2, 0) is 7.05 Å². The van der Waals surface area contributed by atoms with Gasteiger partial charge in [-0.05, 0) is 51.5 Å². The van der Waals surface area contributed by atoms with Crippen LogP contribution >= 0.6 is 0 Å². The van der Waals surface area contributed by atoms with Crippen LogP contribution in [-0.4, -0.2) is 34.4 Å². The second kappa shape index (κ2) is 4.78. The molecule has 0 aromatic carbocycles. The molecule has 2 fully saturated rings. The lowest BCUT2D eigenvalue weighted by atomic mass is 10.1. The van der Waals surface area contributed by atoms with E-state index in [9.17, 15) is 4.79 Å². The van der Waals surface area contributed by atoms with Crippen molar-refractivity contribution in [2.45, 2.75) is 45.6 Å². The summed E-state index contributed by atoms with van der Waals surface area (Å²) >= 11 is 0. The first-order valence-corrected chi connectivity index (χ1v) is 7.46. The van der Waals surface area contributed by atoms with E-state index in [4.69, 9.17) is 0 Å². The van der Waals surface area contributed by atoms with Gasteiger partial charge < -0.3 is 4.57 Å². The molecule has 0 bridgehead atoms. The van der Waals surface area contributed by atoms with Crippen molar-refractivity contribution in [3.05, 3.63) is 23.0 Å². The van der Waals surface area contributed by atoms with Crippen molar-refractivity contribution in [1.29, 1.82) is 0 Å². The average Bonchev–Trinajstić information content (AvgIpc) is 3.25. The number of hydrogen-bond acceptors (Lipinski definition) is 2. The first-order valence-electron chi connectivity index (χ1n) is 7.46.